The molecule has 0 bridgehead atoms. The third-order valence-corrected chi connectivity index (χ3v) is 5.29. The number of methoxy groups -OCH3 is 1. The lowest BCUT2D eigenvalue weighted by atomic mass is 10.0. The highest BCUT2D eigenvalue weighted by molar-refractivity contribution is 5.96. The molecule has 0 aliphatic carbocycles. The Balaban J connectivity index is 1.59. The Labute approximate surface area is 181 Å². The first-order valence-electron chi connectivity index (χ1n) is 9.93. The van der Waals surface area contributed by atoms with E-state index in [1.54, 1.807) is 28.8 Å². The summed E-state index contributed by atoms with van der Waals surface area (Å²) in [4.78, 5) is 18.6. The number of nitrogens with zero attached hydrogens (tertiary/aromatic N) is 4. The number of fused-ring (bicyclic) bond motifs is 1. The van der Waals surface area contributed by atoms with E-state index in [1.807, 2.05) is 0 Å². The minimum absolute atomic E-state index is 0.0157. The van der Waals surface area contributed by atoms with Gasteiger partial charge in [-0.15, -0.1) is 0 Å². The van der Waals surface area contributed by atoms with E-state index in [9.17, 15) is 22.4 Å². The van der Waals surface area contributed by atoms with Crippen LogP contribution in [0.15, 0.2) is 42.7 Å². The van der Waals surface area contributed by atoms with Crippen LogP contribution in [0.3, 0.4) is 0 Å². The number of rotatable bonds is 6. The molecule has 6 nitrogen and oxygen atoms in total. The molecule has 1 aliphatic rings. The summed E-state index contributed by atoms with van der Waals surface area (Å²) in [5.74, 6) is -1.08. The summed E-state index contributed by atoms with van der Waals surface area (Å²) in [6, 6.07) is 5.82. The Morgan fingerprint density at radius 3 is 2.75 bits per heavy atom. The number of hydrogen-bond acceptors (Lipinski definition) is 4. The van der Waals surface area contributed by atoms with Gasteiger partial charge in [-0.05, 0) is 35.9 Å². The first kappa shape index (κ1) is 21.9. The summed E-state index contributed by atoms with van der Waals surface area (Å²) in [5, 5.41) is 4.34. The molecule has 10 heteroatoms. The molecule has 0 fully saturated rings. The normalized spacial score (nSPS) is 14.0. The third-order valence-electron chi connectivity index (χ3n) is 5.29. The molecule has 0 radical (unpaired) electrons. The summed E-state index contributed by atoms with van der Waals surface area (Å²) in [6.07, 6.45) is -0.996. The van der Waals surface area contributed by atoms with Gasteiger partial charge in [-0.2, -0.15) is 18.3 Å². The zero-order valence-corrected chi connectivity index (χ0v) is 17.2. The van der Waals surface area contributed by atoms with Crippen molar-refractivity contribution in [3.63, 3.8) is 0 Å². The SMILES string of the molecule is COCCN1CCc2c(cnn2-c2ccnc(Cc3cc(F)cc(C(F)(F)F)c3)c2)C1=O. The average molecular weight is 448 g/mol. The molecular formula is C22H20F4N4O2. The Kier molecular flexibility index (Phi) is 5.96. The van der Waals surface area contributed by atoms with Gasteiger partial charge in [-0.25, -0.2) is 9.07 Å². The van der Waals surface area contributed by atoms with Crippen molar-refractivity contribution in [3.05, 3.63) is 76.6 Å². The van der Waals surface area contributed by atoms with E-state index in [2.05, 4.69) is 10.1 Å². The fraction of sp³-hybridized carbons (Fsp3) is 0.318. The van der Waals surface area contributed by atoms with Gasteiger partial charge in [-0.3, -0.25) is 9.78 Å². The highest BCUT2D eigenvalue weighted by Gasteiger charge is 2.31. The monoisotopic (exact) mass is 448 g/mol. The second-order valence-corrected chi connectivity index (χ2v) is 7.48. The van der Waals surface area contributed by atoms with Crippen LogP contribution in [-0.4, -0.2) is 52.4 Å². The van der Waals surface area contributed by atoms with Crippen molar-refractivity contribution in [1.82, 2.24) is 19.7 Å². The molecule has 0 saturated heterocycles. The van der Waals surface area contributed by atoms with E-state index in [4.69, 9.17) is 4.74 Å². The lowest BCUT2D eigenvalue weighted by molar-refractivity contribution is -0.137. The van der Waals surface area contributed by atoms with Gasteiger partial charge in [0, 0.05) is 44.9 Å². The number of aromatic nitrogens is 3. The Morgan fingerprint density at radius 1 is 1.19 bits per heavy atom. The molecule has 0 spiro atoms. The molecule has 3 aromatic rings. The summed E-state index contributed by atoms with van der Waals surface area (Å²) in [5.41, 5.74) is 1.46. The second-order valence-electron chi connectivity index (χ2n) is 7.48. The smallest absolute Gasteiger partial charge is 0.383 e. The van der Waals surface area contributed by atoms with Gasteiger partial charge < -0.3 is 9.64 Å². The second kappa shape index (κ2) is 8.70. The van der Waals surface area contributed by atoms with Crippen LogP contribution in [0.2, 0.25) is 0 Å². The predicted molar refractivity (Wildman–Crippen MR) is 107 cm³/mol. The summed E-state index contributed by atoms with van der Waals surface area (Å²) < 4.78 is 59.4. The van der Waals surface area contributed by atoms with Crippen LogP contribution in [0, 0.1) is 5.82 Å². The number of alkyl halides is 3. The van der Waals surface area contributed by atoms with E-state index in [0.717, 1.165) is 17.8 Å². The molecule has 1 aromatic carbocycles. The summed E-state index contributed by atoms with van der Waals surface area (Å²) in [7, 11) is 1.58. The first-order chi connectivity index (χ1) is 15.3. The maximum Gasteiger partial charge on any atom is 0.416 e. The molecule has 0 saturated carbocycles. The molecule has 0 atom stereocenters. The van der Waals surface area contributed by atoms with Crippen LogP contribution in [0.4, 0.5) is 17.6 Å². The van der Waals surface area contributed by atoms with Crippen molar-refractivity contribution >= 4 is 5.91 Å². The molecule has 3 heterocycles. The number of pyridine rings is 1. The van der Waals surface area contributed by atoms with Gasteiger partial charge in [-0.1, -0.05) is 0 Å². The van der Waals surface area contributed by atoms with Crippen LogP contribution in [0.25, 0.3) is 5.69 Å². The molecule has 0 N–H and O–H groups in total. The summed E-state index contributed by atoms with van der Waals surface area (Å²) >= 11 is 0. The number of hydrogen-bond donors (Lipinski definition) is 0. The Bertz CT molecular complexity index is 1140. The quantitative estimate of drug-likeness (QED) is 0.540. The molecule has 1 amide bonds. The van der Waals surface area contributed by atoms with E-state index in [-0.39, 0.29) is 17.9 Å². The van der Waals surface area contributed by atoms with Gasteiger partial charge in [0.15, 0.2) is 0 Å². The van der Waals surface area contributed by atoms with E-state index >= 15 is 0 Å². The van der Waals surface area contributed by atoms with Crippen LogP contribution in [0.1, 0.15) is 32.9 Å². The lowest BCUT2D eigenvalue weighted by Gasteiger charge is -2.27. The largest absolute Gasteiger partial charge is 0.416 e. The molecule has 168 valence electrons. The number of benzene rings is 1. The fourth-order valence-electron chi connectivity index (χ4n) is 3.76. The van der Waals surface area contributed by atoms with Gasteiger partial charge in [0.1, 0.15) is 5.82 Å². The van der Waals surface area contributed by atoms with Crippen molar-refractivity contribution in [2.75, 3.05) is 26.8 Å². The minimum Gasteiger partial charge on any atom is -0.383 e. The highest BCUT2D eigenvalue weighted by atomic mass is 19.4. The zero-order valence-electron chi connectivity index (χ0n) is 17.2. The van der Waals surface area contributed by atoms with Crippen LogP contribution in [0.5, 0.6) is 0 Å². The van der Waals surface area contributed by atoms with Crippen LogP contribution < -0.4 is 0 Å². The zero-order chi connectivity index (χ0) is 22.9. The summed E-state index contributed by atoms with van der Waals surface area (Å²) in [6.45, 7) is 1.47. The Morgan fingerprint density at radius 2 is 2.00 bits per heavy atom. The van der Waals surface area contributed by atoms with E-state index < -0.39 is 17.6 Å². The Hall–Kier alpha value is -3.27. The topological polar surface area (TPSA) is 60.2 Å². The van der Waals surface area contributed by atoms with E-state index in [1.165, 1.54) is 12.4 Å². The molecule has 0 unspecified atom stereocenters. The van der Waals surface area contributed by atoms with Crippen molar-refractivity contribution in [2.45, 2.75) is 19.0 Å². The standard InChI is InChI=1S/C22H20F4N4O2/c1-32-7-6-29-5-3-20-19(21(29)31)13-28-30(20)18-2-4-27-17(12-18)10-14-8-15(22(24,25)26)11-16(23)9-14/h2,4,8-9,11-13H,3,5-7,10H2,1H3. The van der Waals surface area contributed by atoms with Gasteiger partial charge in [0.2, 0.25) is 0 Å². The molecule has 32 heavy (non-hydrogen) atoms. The highest BCUT2D eigenvalue weighted by Crippen LogP contribution is 2.31. The van der Waals surface area contributed by atoms with Gasteiger partial charge >= 0.3 is 6.18 Å². The first-order valence-corrected chi connectivity index (χ1v) is 9.93. The molecular weight excluding hydrogens is 428 g/mol. The number of ether oxygens (including phenoxy) is 1. The van der Waals surface area contributed by atoms with Crippen LogP contribution >= 0.6 is 0 Å². The van der Waals surface area contributed by atoms with Gasteiger partial charge in [0.05, 0.1) is 35.3 Å². The number of halogens is 4. The van der Waals surface area contributed by atoms with Crippen molar-refractivity contribution in [2.24, 2.45) is 0 Å². The van der Waals surface area contributed by atoms with Crippen LogP contribution in [-0.2, 0) is 23.8 Å². The van der Waals surface area contributed by atoms with Crippen molar-refractivity contribution < 1.29 is 27.1 Å². The van der Waals surface area contributed by atoms with Crippen molar-refractivity contribution in [1.29, 1.82) is 0 Å². The minimum atomic E-state index is -4.63. The molecule has 1 aliphatic heterocycles. The average Bonchev–Trinajstić information content (AvgIpc) is 3.17. The molecule has 2 aromatic heterocycles. The third kappa shape index (κ3) is 4.50. The maximum atomic E-state index is 13.7. The van der Waals surface area contributed by atoms with Gasteiger partial charge in [0.25, 0.3) is 5.91 Å². The molecule has 4 rings (SSSR count). The maximum absolute atomic E-state index is 13.7. The fourth-order valence-corrected chi connectivity index (χ4v) is 3.76. The number of carbonyl (C=O) groups excluding carboxylic acids is 1. The number of carbonyl (C=O) groups is 1. The van der Waals surface area contributed by atoms with Crippen molar-refractivity contribution in [3.8, 4) is 5.69 Å². The van der Waals surface area contributed by atoms with E-state index in [0.29, 0.717) is 49.1 Å². The predicted octanol–water partition coefficient (Wildman–Crippen LogP) is 3.66. The number of amides is 1. The lowest BCUT2D eigenvalue weighted by Crippen LogP contribution is -2.39.